The minimum atomic E-state index is -1.82. The molecule has 0 aromatic heterocycles. The van der Waals surface area contributed by atoms with E-state index in [9.17, 15) is 4.79 Å². The van der Waals surface area contributed by atoms with Gasteiger partial charge in [-0.1, -0.05) is 0 Å². The first-order chi connectivity index (χ1) is 9.40. The topological polar surface area (TPSA) is 116 Å². The van der Waals surface area contributed by atoms with Gasteiger partial charge in [-0.2, -0.15) is 0 Å². The predicted molar refractivity (Wildman–Crippen MR) is 70.4 cm³/mol. The largest absolute Gasteiger partial charge is 0.473 e. The number of likely N-dealkylation sites (tertiary alicyclic amines) is 1. The lowest BCUT2D eigenvalue weighted by Crippen LogP contribution is -2.44. The number of methoxy groups -OCH3 is 1. The predicted octanol–water partition coefficient (Wildman–Crippen LogP) is -0.611. The van der Waals surface area contributed by atoms with E-state index in [1.807, 2.05) is 11.8 Å². The fraction of sp³-hybridized carbons (Fsp3) is 0.750. The van der Waals surface area contributed by atoms with E-state index in [2.05, 4.69) is 5.32 Å². The Morgan fingerprint density at radius 1 is 1.20 bits per heavy atom. The quantitative estimate of drug-likeness (QED) is 0.457. The zero-order valence-electron chi connectivity index (χ0n) is 11.8. The van der Waals surface area contributed by atoms with Crippen molar-refractivity contribution in [1.29, 1.82) is 0 Å². The Kier molecular flexibility index (Phi) is 9.31. The van der Waals surface area contributed by atoms with Gasteiger partial charge in [-0.05, 0) is 19.8 Å². The minimum absolute atomic E-state index is 0.0803. The molecule has 1 amide bonds. The van der Waals surface area contributed by atoms with Crippen LogP contribution in [0.3, 0.4) is 0 Å². The molecule has 0 aromatic carbocycles. The minimum Gasteiger partial charge on any atom is -0.473 e. The van der Waals surface area contributed by atoms with Gasteiger partial charge in [0, 0.05) is 26.7 Å². The third kappa shape index (κ3) is 7.70. The summed E-state index contributed by atoms with van der Waals surface area (Å²) in [5.41, 5.74) is 0. The molecule has 1 heterocycles. The molecule has 3 N–H and O–H groups in total. The summed E-state index contributed by atoms with van der Waals surface area (Å²) in [4.78, 5) is 31.9. The van der Waals surface area contributed by atoms with E-state index < -0.39 is 11.9 Å². The van der Waals surface area contributed by atoms with Crippen LogP contribution in [-0.4, -0.2) is 72.4 Å². The fourth-order valence-electron chi connectivity index (χ4n) is 1.68. The molecule has 0 aliphatic carbocycles. The molecular weight excluding hydrogens is 268 g/mol. The van der Waals surface area contributed by atoms with E-state index in [0.29, 0.717) is 6.61 Å². The number of carbonyl (C=O) groups excluding carboxylic acids is 1. The number of carboxylic acid groups (broad SMARTS) is 2. The molecule has 0 aromatic rings. The molecule has 1 rings (SSSR count). The number of hydrogen-bond donors (Lipinski definition) is 3. The van der Waals surface area contributed by atoms with Gasteiger partial charge in [-0.3, -0.25) is 4.79 Å². The Balaban J connectivity index is 0.000000511. The maximum atomic E-state index is 11.8. The molecule has 1 atom stereocenters. The molecule has 0 bridgehead atoms. The third-order valence-corrected chi connectivity index (χ3v) is 2.73. The second-order valence-corrected chi connectivity index (χ2v) is 4.31. The highest BCUT2D eigenvalue weighted by atomic mass is 16.5. The highest BCUT2D eigenvalue weighted by Crippen LogP contribution is 2.08. The van der Waals surface area contributed by atoms with Crippen LogP contribution >= 0.6 is 0 Å². The van der Waals surface area contributed by atoms with E-state index in [-0.39, 0.29) is 11.9 Å². The lowest BCUT2D eigenvalue weighted by Gasteiger charge is -2.20. The van der Waals surface area contributed by atoms with Crippen molar-refractivity contribution in [3.8, 4) is 0 Å². The molecule has 116 valence electrons. The number of hydrogen-bond acceptors (Lipinski definition) is 5. The maximum absolute atomic E-state index is 11.8. The van der Waals surface area contributed by atoms with Crippen LogP contribution in [0.5, 0.6) is 0 Å². The van der Waals surface area contributed by atoms with Crippen molar-refractivity contribution in [2.45, 2.75) is 25.8 Å². The van der Waals surface area contributed by atoms with E-state index in [4.69, 9.17) is 24.5 Å². The van der Waals surface area contributed by atoms with Crippen LogP contribution in [0.4, 0.5) is 0 Å². The first kappa shape index (κ1) is 18.3. The molecule has 0 spiro atoms. The average molecular weight is 290 g/mol. The molecule has 20 heavy (non-hydrogen) atoms. The second-order valence-electron chi connectivity index (χ2n) is 4.31. The summed E-state index contributed by atoms with van der Waals surface area (Å²) in [6.45, 7) is 5.15. The van der Waals surface area contributed by atoms with Crippen LogP contribution in [0.2, 0.25) is 0 Å². The Morgan fingerprint density at radius 2 is 1.70 bits per heavy atom. The number of aliphatic carboxylic acids is 2. The van der Waals surface area contributed by atoms with Crippen molar-refractivity contribution < 1.29 is 29.3 Å². The molecule has 1 aliphatic heterocycles. The van der Waals surface area contributed by atoms with Crippen molar-refractivity contribution in [3.05, 3.63) is 0 Å². The number of rotatable bonds is 5. The van der Waals surface area contributed by atoms with Gasteiger partial charge in [0.1, 0.15) is 0 Å². The van der Waals surface area contributed by atoms with Gasteiger partial charge in [-0.15, -0.1) is 0 Å². The van der Waals surface area contributed by atoms with Gasteiger partial charge in [0.15, 0.2) is 0 Å². The molecule has 0 radical (unpaired) electrons. The van der Waals surface area contributed by atoms with E-state index in [1.54, 1.807) is 7.11 Å². The molecule has 1 fully saturated rings. The maximum Gasteiger partial charge on any atom is 0.414 e. The number of carboxylic acids is 2. The van der Waals surface area contributed by atoms with Gasteiger partial charge in [-0.25, -0.2) is 9.59 Å². The summed E-state index contributed by atoms with van der Waals surface area (Å²) in [7, 11) is 1.66. The molecule has 1 aliphatic rings. The fourth-order valence-corrected chi connectivity index (χ4v) is 1.68. The van der Waals surface area contributed by atoms with Crippen molar-refractivity contribution >= 4 is 17.8 Å². The first-order valence-corrected chi connectivity index (χ1v) is 6.37. The highest BCUT2D eigenvalue weighted by molar-refractivity contribution is 6.27. The molecular formula is C12H22N2O6. The molecule has 1 unspecified atom stereocenters. The summed E-state index contributed by atoms with van der Waals surface area (Å²) in [5, 5.41) is 17.9. The zero-order valence-corrected chi connectivity index (χ0v) is 11.8. The van der Waals surface area contributed by atoms with Gasteiger partial charge in [0.2, 0.25) is 5.91 Å². The second kappa shape index (κ2) is 10.2. The average Bonchev–Trinajstić information content (AvgIpc) is 2.92. The monoisotopic (exact) mass is 290 g/mol. The zero-order chi connectivity index (χ0) is 15.5. The van der Waals surface area contributed by atoms with Crippen LogP contribution in [0.15, 0.2) is 0 Å². The number of amides is 1. The Morgan fingerprint density at radius 3 is 2.10 bits per heavy atom. The van der Waals surface area contributed by atoms with Crippen LogP contribution in [-0.2, 0) is 19.1 Å². The van der Waals surface area contributed by atoms with Gasteiger partial charge < -0.3 is 25.2 Å². The smallest absolute Gasteiger partial charge is 0.414 e. The van der Waals surface area contributed by atoms with E-state index >= 15 is 0 Å². The van der Waals surface area contributed by atoms with Gasteiger partial charge >= 0.3 is 11.9 Å². The summed E-state index contributed by atoms with van der Waals surface area (Å²) < 4.78 is 4.91. The standard InChI is InChI=1S/C10H20N2O2.C2H2O4/c1-9(11-5-8-14-2)10(13)12-6-3-4-7-12;3-1(4)2(5)6/h9,11H,3-8H2,1-2H3;(H,3,4)(H,5,6). The third-order valence-electron chi connectivity index (χ3n) is 2.73. The Labute approximate surface area is 117 Å². The molecule has 8 heteroatoms. The number of ether oxygens (including phenoxy) is 1. The summed E-state index contributed by atoms with van der Waals surface area (Å²) in [5.74, 6) is -3.43. The van der Waals surface area contributed by atoms with Crippen molar-refractivity contribution in [2.24, 2.45) is 0 Å². The van der Waals surface area contributed by atoms with Crippen LogP contribution in [0.1, 0.15) is 19.8 Å². The van der Waals surface area contributed by atoms with Crippen LogP contribution in [0, 0.1) is 0 Å². The lowest BCUT2D eigenvalue weighted by molar-refractivity contribution is -0.159. The van der Waals surface area contributed by atoms with Crippen LogP contribution in [0.25, 0.3) is 0 Å². The summed E-state index contributed by atoms with van der Waals surface area (Å²) in [6.07, 6.45) is 2.30. The highest BCUT2D eigenvalue weighted by Gasteiger charge is 2.22. The normalized spacial score (nSPS) is 15.2. The molecule has 1 saturated heterocycles. The van der Waals surface area contributed by atoms with Gasteiger partial charge in [0.25, 0.3) is 0 Å². The Bertz CT molecular complexity index is 316. The van der Waals surface area contributed by atoms with Crippen molar-refractivity contribution in [1.82, 2.24) is 10.2 Å². The lowest BCUT2D eigenvalue weighted by atomic mass is 10.3. The first-order valence-electron chi connectivity index (χ1n) is 6.37. The van der Waals surface area contributed by atoms with Gasteiger partial charge in [0.05, 0.1) is 12.6 Å². The molecule has 8 nitrogen and oxygen atoms in total. The summed E-state index contributed by atoms with van der Waals surface area (Å²) in [6, 6.07) is -0.0803. The number of nitrogens with one attached hydrogen (secondary N) is 1. The van der Waals surface area contributed by atoms with Crippen molar-refractivity contribution in [3.63, 3.8) is 0 Å². The van der Waals surface area contributed by atoms with E-state index in [1.165, 1.54) is 0 Å². The number of carbonyl (C=O) groups is 3. The van der Waals surface area contributed by atoms with Crippen LogP contribution < -0.4 is 5.32 Å². The molecule has 0 saturated carbocycles. The number of nitrogens with zero attached hydrogens (tertiary/aromatic N) is 1. The van der Waals surface area contributed by atoms with E-state index in [0.717, 1.165) is 32.5 Å². The summed E-state index contributed by atoms with van der Waals surface area (Å²) >= 11 is 0. The SMILES string of the molecule is COCCNC(C)C(=O)N1CCCC1.O=C(O)C(=O)O. The van der Waals surface area contributed by atoms with Crippen molar-refractivity contribution in [2.75, 3.05) is 33.4 Å². The Hall–Kier alpha value is -1.67.